The van der Waals surface area contributed by atoms with E-state index in [-0.39, 0.29) is 35.3 Å². The van der Waals surface area contributed by atoms with E-state index in [9.17, 15) is 14.9 Å². The second kappa shape index (κ2) is 8.44. The molecule has 3 aromatic rings. The van der Waals surface area contributed by atoms with Crippen molar-refractivity contribution < 1.29 is 18.9 Å². The van der Waals surface area contributed by atoms with Crippen molar-refractivity contribution in [1.29, 1.82) is 0 Å². The van der Waals surface area contributed by atoms with Gasteiger partial charge in [-0.2, -0.15) is 0 Å². The lowest BCUT2D eigenvalue weighted by Crippen LogP contribution is -2.20. The van der Waals surface area contributed by atoms with Crippen molar-refractivity contribution in [2.24, 2.45) is 0 Å². The summed E-state index contributed by atoms with van der Waals surface area (Å²) in [5, 5.41) is 17.6. The normalized spacial score (nSPS) is 10.5. The molecule has 10 heteroatoms. The predicted molar refractivity (Wildman–Crippen MR) is 103 cm³/mol. The van der Waals surface area contributed by atoms with Gasteiger partial charge < -0.3 is 14.5 Å². The Bertz CT molecular complexity index is 1060. The van der Waals surface area contributed by atoms with Gasteiger partial charge in [-0.15, -0.1) is 5.10 Å². The van der Waals surface area contributed by atoms with Crippen molar-refractivity contribution in [2.75, 3.05) is 5.32 Å². The highest BCUT2D eigenvalue weighted by Gasteiger charge is 2.16. The molecule has 1 N–H and O–H groups in total. The number of aryl methyl sites for hydroxylation is 1. The van der Waals surface area contributed by atoms with E-state index in [1.54, 1.807) is 6.07 Å². The third-order valence-electron chi connectivity index (χ3n) is 3.70. The molecule has 3 rings (SSSR count). The van der Waals surface area contributed by atoms with Gasteiger partial charge in [0, 0.05) is 6.07 Å². The number of benzene rings is 2. The van der Waals surface area contributed by atoms with Crippen molar-refractivity contribution in [3.05, 3.63) is 74.9 Å². The monoisotopic (exact) mass is 400 g/mol. The van der Waals surface area contributed by atoms with Crippen LogP contribution in [-0.4, -0.2) is 20.6 Å². The van der Waals surface area contributed by atoms with Crippen LogP contribution in [0.1, 0.15) is 11.5 Å². The number of amides is 1. The summed E-state index contributed by atoms with van der Waals surface area (Å²) < 4.78 is 12.1. The van der Waals surface area contributed by atoms with Gasteiger partial charge in [-0.05, 0) is 37.3 Å². The SMILES string of the molecule is Cc1ccc(OCc2nn(CC(=O)Nc3ccccc3[N+](=O)[O-])c(=S)o2)cc1. The number of nitrogens with one attached hydrogen (secondary N) is 1. The second-order valence-electron chi connectivity index (χ2n) is 5.84. The minimum absolute atomic E-state index is 0.000201. The zero-order chi connectivity index (χ0) is 20.1. The average molecular weight is 400 g/mol. The van der Waals surface area contributed by atoms with Gasteiger partial charge in [0.05, 0.1) is 4.92 Å². The summed E-state index contributed by atoms with van der Waals surface area (Å²) in [7, 11) is 0. The van der Waals surface area contributed by atoms with Crippen molar-refractivity contribution >= 4 is 29.5 Å². The van der Waals surface area contributed by atoms with E-state index in [1.165, 1.54) is 22.9 Å². The first-order chi connectivity index (χ1) is 13.4. The fourth-order valence-electron chi connectivity index (χ4n) is 2.35. The maximum absolute atomic E-state index is 12.2. The number of hydrogen-bond donors (Lipinski definition) is 1. The highest BCUT2D eigenvalue weighted by Crippen LogP contribution is 2.23. The highest BCUT2D eigenvalue weighted by atomic mass is 32.1. The molecule has 28 heavy (non-hydrogen) atoms. The van der Waals surface area contributed by atoms with Gasteiger partial charge in [-0.1, -0.05) is 29.8 Å². The quantitative estimate of drug-likeness (QED) is 0.366. The van der Waals surface area contributed by atoms with Crippen LogP contribution in [0.3, 0.4) is 0 Å². The zero-order valence-corrected chi connectivity index (χ0v) is 15.6. The highest BCUT2D eigenvalue weighted by molar-refractivity contribution is 7.71. The van der Waals surface area contributed by atoms with Gasteiger partial charge in [0.2, 0.25) is 5.91 Å². The van der Waals surface area contributed by atoms with Gasteiger partial charge in [0.25, 0.3) is 16.4 Å². The summed E-state index contributed by atoms with van der Waals surface area (Å²) in [5.74, 6) is 0.337. The Labute approximate surface area is 164 Å². The Morgan fingerprint density at radius 2 is 2.00 bits per heavy atom. The zero-order valence-electron chi connectivity index (χ0n) is 14.8. The van der Waals surface area contributed by atoms with Crippen LogP contribution in [-0.2, 0) is 17.9 Å². The fourth-order valence-corrected chi connectivity index (χ4v) is 2.55. The Morgan fingerprint density at radius 3 is 2.71 bits per heavy atom. The lowest BCUT2D eigenvalue weighted by atomic mass is 10.2. The number of nitro benzene ring substituents is 1. The van der Waals surface area contributed by atoms with Crippen LogP contribution < -0.4 is 10.1 Å². The number of hydrogen-bond acceptors (Lipinski definition) is 7. The van der Waals surface area contributed by atoms with Crippen LogP contribution >= 0.6 is 12.2 Å². The molecule has 0 fully saturated rings. The minimum Gasteiger partial charge on any atom is -0.484 e. The van der Waals surface area contributed by atoms with E-state index in [0.717, 1.165) is 5.56 Å². The summed E-state index contributed by atoms with van der Waals surface area (Å²) in [5.41, 5.74) is 1.00. The number of carbonyl (C=O) groups excluding carboxylic acids is 1. The molecular formula is C18H16N4O5S. The molecule has 0 saturated heterocycles. The Morgan fingerprint density at radius 1 is 1.29 bits per heavy atom. The van der Waals surface area contributed by atoms with Gasteiger partial charge in [-0.25, -0.2) is 4.68 Å². The number of nitro groups is 1. The Balaban J connectivity index is 1.63. The third-order valence-corrected chi connectivity index (χ3v) is 3.99. The molecule has 0 aliphatic heterocycles. The minimum atomic E-state index is -0.572. The molecule has 0 unspecified atom stereocenters. The number of carbonyl (C=O) groups is 1. The van der Waals surface area contributed by atoms with Crippen molar-refractivity contribution in [2.45, 2.75) is 20.1 Å². The second-order valence-corrected chi connectivity index (χ2v) is 6.19. The molecule has 1 heterocycles. The maximum atomic E-state index is 12.2. The lowest BCUT2D eigenvalue weighted by molar-refractivity contribution is -0.383. The average Bonchev–Trinajstić information content (AvgIpc) is 3.01. The van der Waals surface area contributed by atoms with Gasteiger partial charge in [0.1, 0.15) is 18.0 Å². The Hall–Kier alpha value is -3.53. The number of para-hydroxylation sites is 2. The topological polar surface area (TPSA) is 112 Å². The molecule has 1 aromatic heterocycles. The van der Waals surface area contributed by atoms with E-state index >= 15 is 0 Å². The first kappa shape index (κ1) is 19.2. The molecule has 0 saturated carbocycles. The van der Waals surface area contributed by atoms with Crippen molar-refractivity contribution in [3.63, 3.8) is 0 Å². The van der Waals surface area contributed by atoms with E-state index in [4.69, 9.17) is 21.4 Å². The van der Waals surface area contributed by atoms with E-state index in [2.05, 4.69) is 10.4 Å². The van der Waals surface area contributed by atoms with Crippen LogP contribution in [0.2, 0.25) is 0 Å². The number of ether oxygens (including phenoxy) is 1. The van der Waals surface area contributed by atoms with Crippen LogP contribution in [0.5, 0.6) is 5.75 Å². The molecule has 0 spiro atoms. The molecule has 144 valence electrons. The van der Waals surface area contributed by atoms with E-state index < -0.39 is 10.8 Å². The maximum Gasteiger partial charge on any atom is 0.292 e. The molecule has 1 amide bonds. The predicted octanol–water partition coefficient (Wildman–Crippen LogP) is 3.64. The number of rotatable bonds is 7. The Kier molecular flexibility index (Phi) is 5.80. The van der Waals surface area contributed by atoms with Crippen molar-refractivity contribution in [3.8, 4) is 5.75 Å². The molecule has 0 atom stereocenters. The molecule has 0 aliphatic rings. The molecule has 0 aliphatic carbocycles. The van der Waals surface area contributed by atoms with Gasteiger partial charge in [-0.3, -0.25) is 14.9 Å². The first-order valence-corrected chi connectivity index (χ1v) is 8.63. The molecule has 0 radical (unpaired) electrons. The van der Waals surface area contributed by atoms with Crippen LogP contribution in [0, 0.1) is 21.9 Å². The first-order valence-electron chi connectivity index (χ1n) is 8.22. The smallest absolute Gasteiger partial charge is 0.292 e. The lowest BCUT2D eigenvalue weighted by Gasteiger charge is -2.05. The van der Waals surface area contributed by atoms with Crippen LogP contribution in [0.15, 0.2) is 52.9 Å². The molecule has 0 bridgehead atoms. The molecule has 2 aromatic carbocycles. The summed E-state index contributed by atoms with van der Waals surface area (Å²) in [6, 6.07) is 13.3. The standard InChI is InChI=1S/C18H16N4O5S/c1-12-6-8-13(9-7-12)26-11-17-20-21(18(28)27-17)10-16(23)19-14-4-2-3-5-15(14)22(24)25/h2-9H,10-11H2,1H3,(H,19,23). The third kappa shape index (κ3) is 4.80. The number of nitrogens with zero attached hydrogens (tertiary/aromatic N) is 3. The fraction of sp³-hybridized carbons (Fsp3) is 0.167. The van der Waals surface area contributed by atoms with Crippen LogP contribution in [0.4, 0.5) is 11.4 Å². The van der Waals surface area contributed by atoms with Crippen molar-refractivity contribution in [1.82, 2.24) is 9.78 Å². The molecule has 9 nitrogen and oxygen atoms in total. The number of aromatic nitrogens is 2. The van der Waals surface area contributed by atoms with Gasteiger partial charge >= 0.3 is 0 Å². The summed E-state index contributed by atoms with van der Waals surface area (Å²) >= 11 is 5.06. The summed E-state index contributed by atoms with van der Waals surface area (Å²) in [4.78, 5) is 22.7. The summed E-state index contributed by atoms with van der Waals surface area (Å²) in [6.07, 6.45) is 0. The largest absolute Gasteiger partial charge is 0.484 e. The molecular weight excluding hydrogens is 384 g/mol. The van der Waals surface area contributed by atoms with E-state index in [0.29, 0.717) is 5.75 Å². The van der Waals surface area contributed by atoms with Crippen LogP contribution in [0.25, 0.3) is 0 Å². The number of anilines is 1. The van der Waals surface area contributed by atoms with E-state index in [1.807, 2.05) is 31.2 Å². The summed E-state index contributed by atoms with van der Waals surface area (Å²) in [6.45, 7) is 1.77. The van der Waals surface area contributed by atoms with Gasteiger partial charge in [0.15, 0.2) is 6.61 Å².